The number of benzene rings is 2. The van der Waals surface area contributed by atoms with Gasteiger partial charge in [0.25, 0.3) is 0 Å². The summed E-state index contributed by atoms with van der Waals surface area (Å²) in [4.78, 5) is 0. The molecular weight excluding hydrogens is 316 g/mol. The van der Waals surface area contributed by atoms with E-state index in [0.29, 0.717) is 6.10 Å². The molecule has 0 spiro atoms. The van der Waals surface area contributed by atoms with Crippen molar-refractivity contribution in [1.29, 1.82) is 0 Å². The lowest BCUT2D eigenvalue weighted by Gasteiger charge is -2.42. The molecule has 0 N–H and O–H groups in total. The van der Waals surface area contributed by atoms with E-state index < -0.39 is 0 Å². The Bertz CT molecular complexity index is 700. The minimum atomic E-state index is 0.534. The molecule has 0 saturated heterocycles. The Balaban J connectivity index is 1.40. The van der Waals surface area contributed by atoms with Gasteiger partial charge in [-0.1, -0.05) is 54.1 Å². The topological polar surface area (TPSA) is 9.23 Å². The molecule has 4 unspecified atom stereocenters. The summed E-state index contributed by atoms with van der Waals surface area (Å²) in [7, 11) is 0. The standard InChI is InChI=1S/C25H32O/c1-3-26-25-15-14-23-16-22(12-13-24(23)17-25)21-10-8-20(9-11-21)19-6-4-18(2)5-7-19/h4-11,22-25H,3,12-17H2,1-2H3. The van der Waals surface area contributed by atoms with E-state index in [0.717, 1.165) is 24.4 Å². The highest BCUT2D eigenvalue weighted by Gasteiger charge is 2.36. The van der Waals surface area contributed by atoms with Crippen molar-refractivity contribution in [3.05, 3.63) is 59.7 Å². The fourth-order valence-corrected chi connectivity index (χ4v) is 5.23. The quantitative estimate of drug-likeness (QED) is 0.593. The normalized spacial score (nSPS) is 28.5. The van der Waals surface area contributed by atoms with Crippen molar-refractivity contribution in [3.63, 3.8) is 0 Å². The van der Waals surface area contributed by atoms with E-state index >= 15 is 0 Å². The van der Waals surface area contributed by atoms with Crippen LogP contribution in [0.25, 0.3) is 11.1 Å². The van der Waals surface area contributed by atoms with Crippen LogP contribution in [-0.4, -0.2) is 12.7 Å². The molecule has 2 aliphatic rings. The van der Waals surface area contributed by atoms with Crippen LogP contribution in [0, 0.1) is 18.8 Å². The van der Waals surface area contributed by atoms with Crippen molar-refractivity contribution in [2.24, 2.45) is 11.8 Å². The second-order valence-corrected chi connectivity index (χ2v) is 8.41. The summed E-state index contributed by atoms with van der Waals surface area (Å²) in [6.45, 7) is 5.15. The molecule has 0 amide bonds. The SMILES string of the molecule is CCOC1CCC2CC(c3ccc(-c4ccc(C)cc4)cc3)CCC2C1. The zero-order chi connectivity index (χ0) is 17.9. The average Bonchev–Trinajstić information content (AvgIpc) is 2.69. The summed E-state index contributed by atoms with van der Waals surface area (Å²) < 4.78 is 5.91. The number of hydrogen-bond acceptors (Lipinski definition) is 1. The number of rotatable bonds is 4. The van der Waals surface area contributed by atoms with Gasteiger partial charge in [-0.25, -0.2) is 0 Å². The molecule has 0 bridgehead atoms. The molecule has 0 aromatic heterocycles. The van der Waals surface area contributed by atoms with E-state index in [9.17, 15) is 0 Å². The fourth-order valence-electron chi connectivity index (χ4n) is 5.23. The van der Waals surface area contributed by atoms with Gasteiger partial charge in [0, 0.05) is 6.61 Å². The van der Waals surface area contributed by atoms with E-state index in [1.807, 2.05) is 0 Å². The highest BCUT2D eigenvalue weighted by molar-refractivity contribution is 5.64. The van der Waals surface area contributed by atoms with Crippen LogP contribution in [0.4, 0.5) is 0 Å². The van der Waals surface area contributed by atoms with Gasteiger partial charge in [-0.05, 0) is 86.8 Å². The lowest BCUT2D eigenvalue weighted by Crippen LogP contribution is -2.33. The molecule has 4 rings (SSSR count). The van der Waals surface area contributed by atoms with E-state index in [1.165, 1.54) is 55.2 Å². The van der Waals surface area contributed by atoms with Gasteiger partial charge in [0.15, 0.2) is 0 Å². The Morgan fingerprint density at radius 2 is 1.38 bits per heavy atom. The highest BCUT2D eigenvalue weighted by atomic mass is 16.5. The third kappa shape index (κ3) is 3.88. The molecule has 2 fully saturated rings. The predicted molar refractivity (Wildman–Crippen MR) is 109 cm³/mol. The summed E-state index contributed by atoms with van der Waals surface area (Å²) >= 11 is 0. The zero-order valence-electron chi connectivity index (χ0n) is 16.3. The molecule has 1 heteroatoms. The number of hydrogen-bond donors (Lipinski definition) is 0. The second-order valence-electron chi connectivity index (χ2n) is 8.41. The third-order valence-corrected chi connectivity index (χ3v) is 6.73. The average molecular weight is 349 g/mol. The monoisotopic (exact) mass is 348 g/mol. The van der Waals surface area contributed by atoms with E-state index in [2.05, 4.69) is 62.4 Å². The Hall–Kier alpha value is -1.60. The molecule has 4 atom stereocenters. The van der Waals surface area contributed by atoms with Gasteiger partial charge in [-0.15, -0.1) is 0 Å². The second kappa shape index (κ2) is 7.96. The van der Waals surface area contributed by atoms with E-state index in [1.54, 1.807) is 5.56 Å². The molecule has 2 aliphatic carbocycles. The van der Waals surface area contributed by atoms with Crippen molar-refractivity contribution in [3.8, 4) is 11.1 Å². The Morgan fingerprint density at radius 3 is 2.08 bits per heavy atom. The largest absolute Gasteiger partial charge is 0.378 e. The first-order valence-corrected chi connectivity index (χ1v) is 10.5. The first-order valence-electron chi connectivity index (χ1n) is 10.5. The summed E-state index contributed by atoms with van der Waals surface area (Å²) in [5, 5.41) is 0. The molecule has 2 saturated carbocycles. The van der Waals surface area contributed by atoms with Gasteiger partial charge in [-0.2, -0.15) is 0 Å². The van der Waals surface area contributed by atoms with Crippen LogP contribution in [0.1, 0.15) is 62.5 Å². The minimum Gasteiger partial charge on any atom is -0.378 e. The predicted octanol–water partition coefficient (Wildman–Crippen LogP) is 6.75. The van der Waals surface area contributed by atoms with E-state index in [-0.39, 0.29) is 0 Å². The van der Waals surface area contributed by atoms with Crippen LogP contribution in [0.15, 0.2) is 48.5 Å². The van der Waals surface area contributed by atoms with Gasteiger partial charge in [0.1, 0.15) is 0 Å². The number of ether oxygens (including phenoxy) is 1. The van der Waals surface area contributed by atoms with Crippen LogP contribution < -0.4 is 0 Å². The zero-order valence-corrected chi connectivity index (χ0v) is 16.3. The Labute approximate surface area is 158 Å². The van der Waals surface area contributed by atoms with Gasteiger partial charge in [0.2, 0.25) is 0 Å². The number of fused-ring (bicyclic) bond motifs is 1. The summed E-state index contributed by atoms with van der Waals surface area (Å²) in [5.41, 5.74) is 5.52. The first kappa shape index (κ1) is 17.8. The summed E-state index contributed by atoms with van der Waals surface area (Å²) in [6.07, 6.45) is 8.60. The van der Waals surface area contributed by atoms with Crippen LogP contribution in [0.5, 0.6) is 0 Å². The maximum absolute atomic E-state index is 5.91. The fraction of sp³-hybridized carbons (Fsp3) is 0.520. The maximum atomic E-state index is 5.91. The van der Waals surface area contributed by atoms with Crippen LogP contribution >= 0.6 is 0 Å². The Kier molecular flexibility index (Phi) is 5.45. The van der Waals surface area contributed by atoms with Crippen LogP contribution in [-0.2, 0) is 4.74 Å². The molecule has 2 aromatic carbocycles. The van der Waals surface area contributed by atoms with Gasteiger partial charge >= 0.3 is 0 Å². The smallest absolute Gasteiger partial charge is 0.0577 e. The first-order chi connectivity index (χ1) is 12.7. The molecule has 138 valence electrons. The van der Waals surface area contributed by atoms with Gasteiger partial charge in [-0.3, -0.25) is 0 Å². The van der Waals surface area contributed by atoms with Crippen molar-refractivity contribution < 1.29 is 4.74 Å². The molecule has 0 heterocycles. The lowest BCUT2D eigenvalue weighted by atomic mass is 9.65. The third-order valence-electron chi connectivity index (χ3n) is 6.73. The molecular formula is C25H32O. The van der Waals surface area contributed by atoms with Gasteiger partial charge in [0.05, 0.1) is 6.10 Å². The van der Waals surface area contributed by atoms with Gasteiger partial charge < -0.3 is 4.74 Å². The molecule has 1 nitrogen and oxygen atoms in total. The minimum absolute atomic E-state index is 0.534. The highest BCUT2D eigenvalue weighted by Crippen LogP contribution is 2.46. The number of aryl methyl sites for hydroxylation is 1. The summed E-state index contributed by atoms with van der Waals surface area (Å²) in [6, 6.07) is 18.2. The molecule has 0 radical (unpaired) electrons. The molecule has 2 aromatic rings. The maximum Gasteiger partial charge on any atom is 0.0577 e. The molecule has 0 aliphatic heterocycles. The van der Waals surface area contributed by atoms with Crippen molar-refractivity contribution in [2.45, 2.75) is 64.4 Å². The van der Waals surface area contributed by atoms with Crippen LogP contribution in [0.3, 0.4) is 0 Å². The van der Waals surface area contributed by atoms with Crippen molar-refractivity contribution >= 4 is 0 Å². The Morgan fingerprint density at radius 1 is 0.769 bits per heavy atom. The van der Waals surface area contributed by atoms with Crippen LogP contribution in [0.2, 0.25) is 0 Å². The van der Waals surface area contributed by atoms with E-state index in [4.69, 9.17) is 4.74 Å². The van der Waals surface area contributed by atoms with Crippen molar-refractivity contribution in [2.75, 3.05) is 6.61 Å². The lowest BCUT2D eigenvalue weighted by molar-refractivity contribution is -0.00955. The van der Waals surface area contributed by atoms with Crippen molar-refractivity contribution in [1.82, 2.24) is 0 Å². The molecule has 26 heavy (non-hydrogen) atoms. The summed E-state index contributed by atoms with van der Waals surface area (Å²) in [5.74, 6) is 2.58.